The molecule has 0 bridgehead atoms. The lowest BCUT2D eigenvalue weighted by atomic mass is 9.81. The predicted octanol–water partition coefficient (Wildman–Crippen LogP) is 3.46. The quantitative estimate of drug-likeness (QED) is 0.366. The third-order valence-electron chi connectivity index (χ3n) is 7.47. The maximum Gasteiger partial charge on any atom is 0.318 e. The van der Waals surface area contributed by atoms with E-state index in [1.54, 1.807) is 26.1 Å². The van der Waals surface area contributed by atoms with Crippen molar-refractivity contribution in [3.05, 3.63) is 41.1 Å². The highest BCUT2D eigenvalue weighted by atomic mass is 19.3. The molecule has 1 aliphatic heterocycles. The molecule has 5 rings (SSSR count). The van der Waals surface area contributed by atoms with E-state index in [-0.39, 0.29) is 49.6 Å². The summed E-state index contributed by atoms with van der Waals surface area (Å²) in [6.07, 6.45) is 2.65. The molecule has 222 valence electrons. The molecular formula is C25H30F4N8O4. The number of aryl methyl sites for hydroxylation is 1. The van der Waals surface area contributed by atoms with Crippen LogP contribution < -0.4 is 10.6 Å². The van der Waals surface area contributed by atoms with E-state index in [2.05, 4.69) is 35.7 Å². The summed E-state index contributed by atoms with van der Waals surface area (Å²) in [4.78, 5) is 31.2. The molecule has 0 radical (unpaired) electrons. The van der Waals surface area contributed by atoms with Crippen LogP contribution in [0, 0.1) is 12.8 Å². The molecule has 3 aromatic rings. The Hall–Kier alpha value is -3.82. The van der Waals surface area contributed by atoms with E-state index in [1.807, 2.05) is 0 Å². The van der Waals surface area contributed by atoms with Crippen LogP contribution in [-0.4, -0.2) is 79.9 Å². The van der Waals surface area contributed by atoms with Crippen molar-refractivity contribution < 1.29 is 36.5 Å². The summed E-state index contributed by atoms with van der Waals surface area (Å²) >= 11 is 0. The first-order valence-corrected chi connectivity index (χ1v) is 13.3. The molecule has 1 saturated carbocycles. The number of aromatic nitrogens is 5. The molecule has 4 heterocycles. The van der Waals surface area contributed by atoms with Crippen LogP contribution in [0.4, 0.5) is 22.4 Å². The summed E-state index contributed by atoms with van der Waals surface area (Å²) in [6, 6.07) is -0.693. The minimum atomic E-state index is -3.13. The van der Waals surface area contributed by atoms with Crippen molar-refractivity contribution in [3.8, 4) is 0 Å². The third-order valence-corrected chi connectivity index (χ3v) is 7.47. The van der Waals surface area contributed by atoms with Crippen molar-refractivity contribution in [1.82, 2.24) is 40.4 Å². The van der Waals surface area contributed by atoms with Gasteiger partial charge in [-0.2, -0.15) is 5.10 Å². The van der Waals surface area contributed by atoms with Crippen LogP contribution in [0.3, 0.4) is 0 Å². The van der Waals surface area contributed by atoms with Crippen molar-refractivity contribution in [3.63, 3.8) is 0 Å². The van der Waals surface area contributed by atoms with Gasteiger partial charge in [0.1, 0.15) is 5.69 Å². The van der Waals surface area contributed by atoms with Crippen LogP contribution in [0.15, 0.2) is 23.1 Å². The Bertz CT molecular complexity index is 1400. The molecule has 2 atom stereocenters. The van der Waals surface area contributed by atoms with Gasteiger partial charge in [-0.15, -0.1) is 0 Å². The number of amides is 3. The number of alkyl halides is 4. The largest absolute Gasteiger partial charge is 0.379 e. The third kappa shape index (κ3) is 6.26. The Balaban J connectivity index is 1.47. The molecular weight excluding hydrogens is 552 g/mol. The summed E-state index contributed by atoms with van der Waals surface area (Å²) in [5, 5.41) is 16.7. The van der Waals surface area contributed by atoms with Gasteiger partial charge in [-0.1, -0.05) is 5.16 Å². The zero-order valence-electron chi connectivity index (χ0n) is 22.4. The lowest BCUT2D eigenvalue weighted by molar-refractivity contribution is -0.0527. The molecule has 12 nitrogen and oxygen atoms in total. The number of fused-ring (bicyclic) bond motifs is 1. The number of carbonyl (C=O) groups excluding carboxylic acids is 2. The number of urea groups is 1. The number of nitrogens with one attached hydrogen (secondary N) is 2. The normalized spacial score (nSPS) is 20.5. The van der Waals surface area contributed by atoms with Gasteiger partial charge >= 0.3 is 6.03 Å². The molecule has 1 saturated heterocycles. The molecule has 0 unspecified atom stereocenters. The van der Waals surface area contributed by atoms with Crippen LogP contribution in [0.25, 0.3) is 5.65 Å². The lowest BCUT2D eigenvalue weighted by Crippen LogP contribution is -2.58. The predicted molar refractivity (Wildman–Crippen MR) is 133 cm³/mol. The fourth-order valence-electron chi connectivity index (χ4n) is 5.25. The molecule has 1 aliphatic carbocycles. The molecule has 2 fully saturated rings. The number of carbonyl (C=O) groups is 2. The van der Waals surface area contributed by atoms with Crippen molar-refractivity contribution in [2.24, 2.45) is 5.92 Å². The van der Waals surface area contributed by atoms with E-state index >= 15 is 0 Å². The number of halogens is 4. The summed E-state index contributed by atoms with van der Waals surface area (Å²) in [5.74, 6) is -6.85. The zero-order chi connectivity index (χ0) is 29.4. The van der Waals surface area contributed by atoms with Crippen LogP contribution in [0.2, 0.25) is 0 Å². The van der Waals surface area contributed by atoms with Gasteiger partial charge in [0.25, 0.3) is 11.8 Å². The Morgan fingerprint density at radius 3 is 2.68 bits per heavy atom. The van der Waals surface area contributed by atoms with E-state index in [0.717, 1.165) is 4.90 Å². The first kappa shape index (κ1) is 28.7. The van der Waals surface area contributed by atoms with Crippen molar-refractivity contribution in [2.75, 3.05) is 26.3 Å². The van der Waals surface area contributed by atoms with Gasteiger partial charge in [0.05, 0.1) is 49.9 Å². The monoisotopic (exact) mass is 582 g/mol. The first-order valence-electron chi connectivity index (χ1n) is 13.3. The fraction of sp³-hybridized carbons (Fsp3) is 0.600. The zero-order valence-corrected chi connectivity index (χ0v) is 22.4. The maximum atomic E-state index is 14.2. The standard InChI is InChI=1S/C25H30F4N8O4/c1-3-40-11-18(36-13-25(28,29)12-30-23(36)39)16-8-19-32-17(10-37(19)31-9-16)21(15-4-6-24(26,27)7-5-15)33-22(38)20-14(2)34-41-35-20/h8-10,15,18,21H,3-7,11-13H2,1-2H3,(H,30,39)(H,33,38)/t18-,21+/m1/s1. The Kier molecular flexibility index (Phi) is 7.85. The van der Waals surface area contributed by atoms with Gasteiger partial charge in [0, 0.05) is 25.0 Å². The van der Waals surface area contributed by atoms with Crippen LogP contribution in [-0.2, 0) is 4.74 Å². The minimum absolute atomic E-state index is 0.0318. The van der Waals surface area contributed by atoms with Gasteiger partial charge in [0.15, 0.2) is 11.3 Å². The summed E-state index contributed by atoms with van der Waals surface area (Å²) in [7, 11) is 0. The molecule has 2 N–H and O–H groups in total. The average Bonchev–Trinajstić information content (AvgIpc) is 3.55. The van der Waals surface area contributed by atoms with Crippen molar-refractivity contribution >= 4 is 17.6 Å². The fourth-order valence-corrected chi connectivity index (χ4v) is 5.25. The Labute approximate surface area is 231 Å². The first-order chi connectivity index (χ1) is 19.5. The van der Waals surface area contributed by atoms with E-state index in [4.69, 9.17) is 4.74 Å². The minimum Gasteiger partial charge on any atom is -0.379 e. The number of hydrogen-bond donors (Lipinski definition) is 2. The second-order valence-electron chi connectivity index (χ2n) is 10.4. The number of ether oxygens (including phenoxy) is 1. The van der Waals surface area contributed by atoms with E-state index in [9.17, 15) is 27.2 Å². The summed E-state index contributed by atoms with van der Waals surface area (Å²) in [6.45, 7) is 2.00. The van der Waals surface area contributed by atoms with Gasteiger partial charge in [-0.3, -0.25) is 4.79 Å². The second-order valence-corrected chi connectivity index (χ2v) is 10.4. The number of nitrogens with zero attached hydrogens (tertiary/aromatic N) is 6. The Morgan fingerprint density at radius 2 is 2.00 bits per heavy atom. The van der Waals surface area contributed by atoms with Crippen molar-refractivity contribution in [2.45, 2.75) is 63.5 Å². The molecule has 16 heteroatoms. The molecule has 2 aliphatic rings. The topological polar surface area (TPSA) is 140 Å². The highest BCUT2D eigenvalue weighted by Gasteiger charge is 2.43. The van der Waals surface area contributed by atoms with Gasteiger partial charge in [0.2, 0.25) is 5.92 Å². The summed E-state index contributed by atoms with van der Waals surface area (Å²) < 4.78 is 67.9. The smallest absolute Gasteiger partial charge is 0.318 e. The molecule has 41 heavy (non-hydrogen) atoms. The van der Waals surface area contributed by atoms with Gasteiger partial charge < -0.3 is 20.3 Å². The average molecular weight is 583 g/mol. The second kappa shape index (κ2) is 11.2. The maximum absolute atomic E-state index is 14.2. The Morgan fingerprint density at radius 1 is 1.24 bits per heavy atom. The molecule has 3 aromatic heterocycles. The highest BCUT2D eigenvalue weighted by molar-refractivity contribution is 5.93. The highest BCUT2D eigenvalue weighted by Crippen LogP contribution is 2.41. The molecule has 0 spiro atoms. The summed E-state index contributed by atoms with van der Waals surface area (Å²) in [5.41, 5.74) is 1.33. The van der Waals surface area contributed by atoms with E-state index < -0.39 is 49.0 Å². The van der Waals surface area contributed by atoms with E-state index in [1.165, 1.54) is 10.7 Å². The van der Waals surface area contributed by atoms with Gasteiger partial charge in [-0.25, -0.2) is 36.5 Å². The molecule has 0 aromatic carbocycles. The lowest BCUT2D eigenvalue weighted by Gasteiger charge is -2.38. The molecule has 3 amide bonds. The SMILES string of the molecule is CCOC[C@H](c1cnn2cc([C@@H](NC(=O)c3nonc3C)C3CCC(F)(F)CC3)nc2c1)N1CC(F)(F)CNC1=O. The number of hydrogen-bond acceptors (Lipinski definition) is 8. The number of imidazole rings is 1. The number of rotatable bonds is 9. The van der Waals surface area contributed by atoms with E-state index in [0.29, 0.717) is 23.5 Å². The van der Waals surface area contributed by atoms with Crippen molar-refractivity contribution in [1.29, 1.82) is 0 Å². The van der Waals surface area contributed by atoms with Crippen LogP contribution in [0.5, 0.6) is 0 Å². The van der Waals surface area contributed by atoms with Crippen LogP contribution in [0.1, 0.15) is 72.1 Å². The van der Waals surface area contributed by atoms with Gasteiger partial charge in [-0.05, 0) is 43.8 Å². The van der Waals surface area contributed by atoms with Crippen LogP contribution >= 0.6 is 0 Å².